The van der Waals surface area contributed by atoms with Crippen molar-refractivity contribution in [1.82, 2.24) is 9.62 Å². The lowest BCUT2D eigenvalue weighted by molar-refractivity contribution is -0.173. The molecule has 2 rings (SSSR count). The van der Waals surface area contributed by atoms with E-state index in [1.54, 1.807) is 0 Å². The van der Waals surface area contributed by atoms with Crippen molar-refractivity contribution in [1.29, 1.82) is 0 Å². The Balaban J connectivity index is 2.43. The maximum atomic E-state index is 13.0. The van der Waals surface area contributed by atoms with Crippen LogP contribution in [-0.4, -0.2) is 43.9 Å². The van der Waals surface area contributed by atoms with Gasteiger partial charge in [0.05, 0.1) is 6.42 Å². The number of nitrogens with zero attached hydrogens (tertiary/aromatic N) is 1. The minimum atomic E-state index is -4.80. The molecule has 0 aliphatic carbocycles. The summed E-state index contributed by atoms with van der Waals surface area (Å²) in [5, 5.41) is 3.72. The van der Waals surface area contributed by atoms with Gasteiger partial charge in [-0.3, -0.25) is 4.79 Å². The third-order valence-corrected chi connectivity index (χ3v) is 6.10. The molecule has 1 aliphatic rings. The number of carbonyl (C=O) groups is 1. The van der Waals surface area contributed by atoms with Gasteiger partial charge in [0.1, 0.15) is 10.3 Å². The van der Waals surface area contributed by atoms with Crippen LogP contribution in [-0.2, 0) is 14.8 Å². The van der Waals surface area contributed by atoms with Crippen molar-refractivity contribution in [2.45, 2.75) is 22.8 Å². The Morgan fingerprint density at radius 2 is 2.10 bits per heavy atom. The molecule has 1 N–H and O–H groups in total. The van der Waals surface area contributed by atoms with Gasteiger partial charge >= 0.3 is 6.18 Å². The fourth-order valence-electron chi connectivity index (χ4n) is 1.90. The van der Waals surface area contributed by atoms with Gasteiger partial charge in [0, 0.05) is 13.1 Å². The summed E-state index contributed by atoms with van der Waals surface area (Å²) < 4.78 is 63.8. The summed E-state index contributed by atoms with van der Waals surface area (Å²) in [7, 11) is -4.26. The molecule has 112 valence electrons. The van der Waals surface area contributed by atoms with Crippen molar-refractivity contribution in [3.63, 3.8) is 0 Å². The molecule has 0 bridgehead atoms. The Labute approximate surface area is 117 Å². The van der Waals surface area contributed by atoms with Gasteiger partial charge in [-0.05, 0) is 11.4 Å². The second kappa shape index (κ2) is 5.34. The molecule has 20 heavy (non-hydrogen) atoms. The molecule has 0 spiro atoms. The Hall–Kier alpha value is -1.13. The second-order valence-corrected chi connectivity index (χ2v) is 7.22. The van der Waals surface area contributed by atoms with Gasteiger partial charge in [-0.1, -0.05) is 6.07 Å². The highest BCUT2D eigenvalue weighted by atomic mass is 32.2. The topological polar surface area (TPSA) is 66.5 Å². The Kier molecular flexibility index (Phi) is 4.07. The normalized spacial score (nSPS) is 22.4. The number of carbonyl (C=O) groups excluding carboxylic acids is 1. The summed E-state index contributed by atoms with van der Waals surface area (Å²) in [6.07, 6.45) is -5.72. The van der Waals surface area contributed by atoms with Crippen LogP contribution in [0.1, 0.15) is 6.42 Å². The molecule has 0 aromatic carbocycles. The van der Waals surface area contributed by atoms with Gasteiger partial charge in [0.25, 0.3) is 10.0 Å². The number of thiophene rings is 1. The molecule has 5 nitrogen and oxygen atoms in total. The number of hydrogen-bond acceptors (Lipinski definition) is 4. The van der Waals surface area contributed by atoms with E-state index < -0.39 is 41.1 Å². The van der Waals surface area contributed by atoms with Crippen LogP contribution in [0.2, 0.25) is 0 Å². The van der Waals surface area contributed by atoms with Crippen molar-refractivity contribution in [3.8, 4) is 0 Å². The van der Waals surface area contributed by atoms with Crippen LogP contribution in [0.25, 0.3) is 0 Å². The van der Waals surface area contributed by atoms with E-state index in [0.29, 0.717) is 4.31 Å². The third kappa shape index (κ3) is 2.96. The molecular formula is C10H11F3N2O3S2. The first-order valence-corrected chi connectivity index (χ1v) is 7.93. The summed E-state index contributed by atoms with van der Waals surface area (Å²) in [6, 6.07) is 0.353. The van der Waals surface area contributed by atoms with Crippen LogP contribution in [0.5, 0.6) is 0 Å². The van der Waals surface area contributed by atoms with E-state index in [-0.39, 0.29) is 10.8 Å². The number of nitrogens with one attached hydrogen (secondary N) is 1. The first kappa shape index (κ1) is 15.3. The number of amides is 1. The minimum Gasteiger partial charge on any atom is -0.355 e. The van der Waals surface area contributed by atoms with Crippen LogP contribution in [0.15, 0.2) is 21.7 Å². The molecule has 0 radical (unpaired) electrons. The SMILES string of the molecule is O=C1CC(C(F)(F)F)N(S(=O)(=O)c2cccs2)CCN1. The lowest BCUT2D eigenvalue weighted by atomic mass is 10.2. The molecule has 2 heterocycles. The van der Waals surface area contributed by atoms with Crippen LogP contribution in [0.4, 0.5) is 13.2 Å². The summed E-state index contributed by atoms with van der Waals surface area (Å²) >= 11 is 0.841. The van der Waals surface area contributed by atoms with Crippen molar-refractivity contribution >= 4 is 27.3 Å². The molecule has 1 aliphatic heterocycles. The third-order valence-electron chi connectivity index (χ3n) is 2.82. The first-order chi connectivity index (χ1) is 9.23. The Bertz CT molecular complexity index is 583. The monoisotopic (exact) mass is 328 g/mol. The Morgan fingerprint density at radius 3 is 2.65 bits per heavy atom. The quantitative estimate of drug-likeness (QED) is 0.887. The zero-order chi connectivity index (χ0) is 15.0. The highest BCUT2D eigenvalue weighted by molar-refractivity contribution is 7.91. The molecular weight excluding hydrogens is 317 g/mol. The summed E-state index contributed by atoms with van der Waals surface area (Å²) in [5.74, 6) is -0.809. The number of rotatable bonds is 2. The van der Waals surface area contributed by atoms with Crippen molar-refractivity contribution in [2.75, 3.05) is 13.1 Å². The van der Waals surface area contributed by atoms with Gasteiger partial charge in [-0.2, -0.15) is 17.5 Å². The smallest absolute Gasteiger partial charge is 0.355 e. The molecule has 1 unspecified atom stereocenters. The lowest BCUT2D eigenvalue weighted by Gasteiger charge is -2.29. The largest absolute Gasteiger partial charge is 0.405 e. The average molecular weight is 328 g/mol. The van der Waals surface area contributed by atoms with Gasteiger partial charge in [0.15, 0.2) is 0 Å². The summed E-state index contributed by atoms with van der Waals surface area (Å²) in [4.78, 5) is 11.3. The van der Waals surface area contributed by atoms with E-state index >= 15 is 0 Å². The number of sulfonamides is 1. The first-order valence-electron chi connectivity index (χ1n) is 5.61. The molecule has 1 atom stereocenters. The van der Waals surface area contributed by atoms with E-state index in [9.17, 15) is 26.4 Å². The van der Waals surface area contributed by atoms with Gasteiger partial charge < -0.3 is 5.32 Å². The van der Waals surface area contributed by atoms with Crippen molar-refractivity contribution in [3.05, 3.63) is 17.5 Å². The van der Waals surface area contributed by atoms with Crippen LogP contribution < -0.4 is 5.32 Å². The predicted octanol–water partition coefficient (Wildman–Crippen LogP) is 1.19. The highest BCUT2D eigenvalue weighted by Gasteiger charge is 2.50. The van der Waals surface area contributed by atoms with E-state index in [2.05, 4.69) is 5.32 Å². The van der Waals surface area contributed by atoms with E-state index in [1.807, 2.05) is 0 Å². The molecule has 1 fully saturated rings. The van der Waals surface area contributed by atoms with Crippen LogP contribution in [0, 0.1) is 0 Å². The minimum absolute atomic E-state index is 0.143. The van der Waals surface area contributed by atoms with Gasteiger partial charge in [0.2, 0.25) is 5.91 Å². The van der Waals surface area contributed by atoms with Crippen LogP contribution >= 0.6 is 11.3 Å². The van der Waals surface area contributed by atoms with Crippen LogP contribution in [0.3, 0.4) is 0 Å². The standard InChI is InChI=1S/C10H11F3N2O3S2/c11-10(12,13)7-6-8(16)14-3-4-15(7)20(17,18)9-2-1-5-19-9/h1-2,5,7H,3-4,6H2,(H,14,16). The molecule has 0 saturated carbocycles. The van der Waals surface area contributed by atoms with E-state index in [4.69, 9.17) is 0 Å². The summed E-state index contributed by atoms with van der Waals surface area (Å²) in [5.41, 5.74) is 0. The molecule has 1 aromatic rings. The number of hydrogen-bond donors (Lipinski definition) is 1. The molecule has 1 aromatic heterocycles. The fourth-order valence-corrected chi connectivity index (χ4v) is 4.63. The lowest BCUT2D eigenvalue weighted by Crippen LogP contribution is -2.49. The maximum Gasteiger partial charge on any atom is 0.405 e. The average Bonchev–Trinajstić information content (AvgIpc) is 2.78. The molecule has 10 heteroatoms. The van der Waals surface area contributed by atoms with Gasteiger partial charge in [-0.25, -0.2) is 8.42 Å². The predicted molar refractivity (Wildman–Crippen MR) is 65.7 cm³/mol. The van der Waals surface area contributed by atoms with E-state index in [0.717, 1.165) is 11.3 Å². The maximum absolute atomic E-state index is 13.0. The zero-order valence-electron chi connectivity index (χ0n) is 10.1. The highest BCUT2D eigenvalue weighted by Crippen LogP contribution is 2.33. The second-order valence-electron chi connectivity index (χ2n) is 4.16. The number of halogens is 3. The summed E-state index contributed by atoms with van der Waals surface area (Å²) in [6.45, 7) is -0.549. The Morgan fingerprint density at radius 1 is 1.40 bits per heavy atom. The molecule has 1 amide bonds. The zero-order valence-corrected chi connectivity index (χ0v) is 11.7. The van der Waals surface area contributed by atoms with Gasteiger partial charge in [-0.15, -0.1) is 11.3 Å². The fraction of sp³-hybridized carbons (Fsp3) is 0.500. The van der Waals surface area contributed by atoms with Crippen molar-refractivity contribution < 1.29 is 26.4 Å². The number of alkyl halides is 3. The van der Waals surface area contributed by atoms with Crippen molar-refractivity contribution in [2.24, 2.45) is 0 Å². The van der Waals surface area contributed by atoms with E-state index in [1.165, 1.54) is 17.5 Å². The molecule has 1 saturated heterocycles.